The van der Waals surface area contributed by atoms with Crippen LogP contribution in [0, 0.1) is 5.82 Å². The summed E-state index contributed by atoms with van der Waals surface area (Å²) in [4.78, 5) is 0. The molecule has 84 valence electrons. The maximum absolute atomic E-state index is 12.7. The molecule has 0 radical (unpaired) electrons. The van der Waals surface area contributed by atoms with Crippen LogP contribution in [0.25, 0.3) is 0 Å². The molecule has 0 saturated carbocycles. The van der Waals surface area contributed by atoms with E-state index in [4.69, 9.17) is 15.6 Å². The van der Waals surface area contributed by atoms with E-state index in [9.17, 15) is 4.39 Å². The van der Waals surface area contributed by atoms with E-state index >= 15 is 0 Å². The lowest BCUT2D eigenvalue weighted by atomic mass is 10.2. The average Bonchev–Trinajstić information content (AvgIpc) is 2.24. The van der Waals surface area contributed by atoms with Crippen molar-refractivity contribution in [1.82, 2.24) is 0 Å². The zero-order chi connectivity index (χ0) is 11.1. The van der Waals surface area contributed by atoms with Gasteiger partial charge >= 0.3 is 0 Å². The summed E-state index contributed by atoms with van der Waals surface area (Å²) >= 11 is 0. The topological polar surface area (TPSA) is 55.5 Å². The van der Waals surface area contributed by atoms with Crippen LogP contribution in [-0.2, 0) is 0 Å². The van der Waals surface area contributed by atoms with E-state index in [-0.39, 0.29) is 12.4 Å². The minimum Gasteiger partial charge on any atom is -0.493 e. The summed E-state index contributed by atoms with van der Waals surface area (Å²) in [6, 6.07) is 5.99. The highest BCUT2D eigenvalue weighted by Gasteiger charge is 2.01. The number of hydrogen-bond donors (Lipinski definition) is 2. The van der Waals surface area contributed by atoms with Gasteiger partial charge in [-0.15, -0.1) is 0 Å². The second-order valence-corrected chi connectivity index (χ2v) is 3.34. The van der Waals surface area contributed by atoms with Crippen LogP contribution in [-0.4, -0.2) is 24.4 Å². The van der Waals surface area contributed by atoms with E-state index < -0.39 is 6.10 Å². The number of ether oxygens (including phenoxy) is 1. The molecule has 0 fully saturated rings. The normalized spacial score (nSPS) is 12.5. The van der Waals surface area contributed by atoms with Crippen molar-refractivity contribution in [3.05, 3.63) is 30.1 Å². The number of halogens is 1. The van der Waals surface area contributed by atoms with Gasteiger partial charge in [0.1, 0.15) is 11.6 Å². The molecule has 0 heterocycles. The molecule has 0 bridgehead atoms. The van der Waals surface area contributed by atoms with E-state index in [1.54, 1.807) is 12.1 Å². The highest BCUT2D eigenvalue weighted by Crippen LogP contribution is 2.12. The number of rotatable bonds is 6. The maximum atomic E-state index is 12.7. The first-order chi connectivity index (χ1) is 7.22. The Balaban J connectivity index is 2.20. The summed E-state index contributed by atoms with van der Waals surface area (Å²) in [5.74, 6) is 0.201. The van der Waals surface area contributed by atoms with Gasteiger partial charge in [0.05, 0.1) is 12.7 Å². The fraction of sp³-hybridized carbons (Fsp3) is 0.455. The molecule has 1 aromatic carbocycles. The van der Waals surface area contributed by atoms with Gasteiger partial charge in [0.2, 0.25) is 0 Å². The van der Waals surface area contributed by atoms with Crippen molar-refractivity contribution in [2.24, 2.45) is 5.73 Å². The molecule has 0 aliphatic rings. The van der Waals surface area contributed by atoms with E-state index in [0.29, 0.717) is 25.2 Å². The van der Waals surface area contributed by atoms with Crippen molar-refractivity contribution in [3.8, 4) is 5.75 Å². The SMILES string of the molecule is NCC(O)CCCOc1cccc(F)c1. The van der Waals surface area contributed by atoms with Crippen LogP contribution in [0.4, 0.5) is 4.39 Å². The van der Waals surface area contributed by atoms with Gasteiger partial charge in [-0.3, -0.25) is 0 Å². The monoisotopic (exact) mass is 213 g/mol. The van der Waals surface area contributed by atoms with Crippen molar-refractivity contribution in [1.29, 1.82) is 0 Å². The Morgan fingerprint density at radius 1 is 1.47 bits per heavy atom. The number of benzene rings is 1. The van der Waals surface area contributed by atoms with E-state index in [1.807, 2.05) is 0 Å². The quantitative estimate of drug-likeness (QED) is 0.700. The Bertz CT molecular complexity index is 294. The van der Waals surface area contributed by atoms with Crippen molar-refractivity contribution in [2.45, 2.75) is 18.9 Å². The van der Waals surface area contributed by atoms with E-state index in [1.165, 1.54) is 12.1 Å². The van der Waals surface area contributed by atoms with Gasteiger partial charge in [-0.2, -0.15) is 0 Å². The van der Waals surface area contributed by atoms with Gasteiger partial charge in [0.15, 0.2) is 0 Å². The predicted molar refractivity (Wildman–Crippen MR) is 56.2 cm³/mol. The molecule has 3 nitrogen and oxygen atoms in total. The summed E-state index contributed by atoms with van der Waals surface area (Å²) < 4.78 is 18.0. The van der Waals surface area contributed by atoms with Crippen molar-refractivity contribution in [2.75, 3.05) is 13.2 Å². The highest BCUT2D eigenvalue weighted by atomic mass is 19.1. The molecule has 1 atom stereocenters. The Morgan fingerprint density at radius 2 is 2.27 bits per heavy atom. The summed E-state index contributed by atoms with van der Waals surface area (Å²) in [6.45, 7) is 0.723. The molecule has 0 aliphatic heterocycles. The Hall–Kier alpha value is -1.13. The lowest BCUT2D eigenvalue weighted by molar-refractivity contribution is 0.160. The maximum Gasteiger partial charge on any atom is 0.126 e. The van der Waals surface area contributed by atoms with E-state index in [2.05, 4.69) is 0 Å². The second-order valence-electron chi connectivity index (χ2n) is 3.34. The smallest absolute Gasteiger partial charge is 0.126 e. The predicted octanol–water partition coefficient (Wildman–Crippen LogP) is 1.30. The summed E-state index contributed by atoms with van der Waals surface area (Å²) in [5.41, 5.74) is 5.24. The number of nitrogens with two attached hydrogens (primary N) is 1. The van der Waals surface area contributed by atoms with Crippen LogP contribution in [0.5, 0.6) is 5.75 Å². The molecule has 0 spiro atoms. The fourth-order valence-electron chi connectivity index (χ4n) is 1.18. The number of aliphatic hydroxyl groups excluding tert-OH is 1. The van der Waals surface area contributed by atoms with Crippen molar-refractivity contribution < 1.29 is 14.2 Å². The van der Waals surface area contributed by atoms with Crippen LogP contribution in [0.2, 0.25) is 0 Å². The van der Waals surface area contributed by atoms with Gasteiger partial charge < -0.3 is 15.6 Å². The highest BCUT2D eigenvalue weighted by molar-refractivity contribution is 5.22. The van der Waals surface area contributed by atoms with Gasteiger partial charge in [0, 0.05) is 12.6 Å². The first kappa shape index (κ1) is 11.9. The van der Waals surface area contributed by atoms with Crippen LogP contribution in [0.3, 0.4) is 0 Å². The number of aliphatic hydroxyl groups is 1. The van der Waals surface area contributed by atoms with Crippen LogP contribution in [0.15, 0.2) is 24.3 Å². The summed E-state index contributed by atoms with van der Waals surface area (Å²) in [6.07, 6.45) is 0.835. The standard InChI is InChI=1S/C11H16FNO2/c12-9-3-1-5-11(7-9)15-6-2-4-10(14)8-13/h1,3,5,7,10,14H,2,4,6,8,13H2. The second kappa shape index (κ2) is 6.37. The molecule has 4 heteroatoms. The third kappa shape index (κ3) is 4.76. The van der Waals surface area contributed by atoms with Crippen LogP contribution in [0.1, 0.15) is 12.8 Å². The largest absolute Gasteiger partial charge is 0.493 e. The molecule has 1 aromatic rings. The van der Waals surface area contributed by atoms with Crippen LogP contribution >= 0.6 is 0 Å². The van der Waals surface area contributed by atoms with Gasteiger partial charge in [-0.25, -0.2) is 4.39 Å². The Kier molecular flexibility index (Phi) is 5.07. The van der Waals surface area contributed by atoms with Gasteiger partial charge in [-0.05, 0) is 25.0 Å². The first-order valence-corrected chi connectivity index (χ1v) is 4.99. The van der Waals surface area contributed by atoms with Gasteiger partial charge in [0.25, 0.3) is 0 Å². The first-order valence-electron chi connectivity index (χ1n) is 4.99. The molecular formula is C11H16FNO2. The van der Waals surface area contributed by atoms with E-state index in [0.717, 1.165) is 0 Å². The molecule has 0 amide bonds. The minimum absolute atomic E-state index is 0.264. The summed E-state index contributed by atoms with van der Waals surface area (Å²) in [7, 11) is 0. The lowest BCUT2D eigenvalue weighted by Gasteiger charge is -2.08. The van der Waals surface area contributed by atoms with Crippen LogP contribution < -0.4 is 10.5 Å². The Labute approximate surface area is 88.7 Å². The van der Waals surface area contributed by atoms with Crippen molar-refractivity contribution in [3.63, 3.8) is 0 Å². The zero-order valence-electron chi connectivity index (χ0n) is 8.53. The third-order valence-electron chi connectivity index (χ3n) is 2.02. The molecule has 3 N–H and O–H groups in total. The molecule has 0 aliphatic carbocycles. The Morgan fingerprint density at radius 3 is 2.93 bits per heavy atom. The fourth-order valence-corrected chi connectivity index (χ4v) is 1.18. The molecule has 1 rings (SSSR count). The zero-order valence-corrected chi connectivity index (χ0v) is 8.53. The summed E-state index contributed by atoms with van der Waals surface area (Å²) in [5, 5.41) is 9.16. The minimum atomic E-state index is -0.471. The number of hydrogen-bond acceptors (Lipinski definition) is 3. The van der Waals surface area contributed by atoms with Gasteiger partial charge in [-0.1, -0.05) is 6.07 Å². The molecule has 0 saturated heterocycles. The lowest BCUT2D eigenvalue weighted by Crippen LogP contribution is -2.20. The molecule has 0 aromatic heterocycles. The molecule has 15 heavy (non-hydrogen) atoms. The molecular weight excluding hydrogens is 197 g/mol. The molecule has 1 unspecified atom stereocenters. The average molecular weight is 213 g/mol. The van der Waals surface area contributed by atoms with Crippen molar-refractivity contribution >= 4 is 0 Å². The third-order valence-corrected chi connectivity index (χ3v) is 2.02.